The van der Waals surface area contributed by atoms with E-state index in [9.17, 15) is 0 Å². The molecule has 0 aliphatic rings. The summed E-state index contributed by atoms with van der Waals surface area (Å²) >= 11 is 3.35. The van der Waals surface area contributed by atoms with E-state index in [1.54, 1.807) is 6.20 Å². The van der Waals surface area contributed by atoms with Gasteiger partial charge in [-0.25, -0.2) is 4.98 Å². The summed E-state index contributed by atoms with van der Waals surface area (Å²) in [5.74, 6) is 0.938. The van der Waals surface area contributed by atoms with Crippen LogP contribution in [0.25, 0.3) is 0 Å². The molecule has 1 aromatic heterocycles. The maximum Gasteiger partial charge on any atom is 0.129 e. The quantitative estimate of drug-likeness (QED) is 0.750. The molecule has 0 bridgehead atoms. The molecule has 0 aromatic carbocycles. The van der Waals surface area contributed by atoms with Gasteiger partial charge < -0.3 is 4.90 Å². The van der Waals surface area contributed by atoms with Crippen molar-refractivity contribution in [3.8, 4) is 0 Å². The lowest BCUT2D eigenvalue weighted by Gasteiger charge is -2.19. The SMILES string of the molecule is C=CCN(CC=C)c1ccc(Br)cn1. The average Bonchev–Trinajstić information content (AvgIpc) is 2.19. The zero-order valence-electron chi connectivity index (χ0n) is 7.99. The van der Waals surface area contributed by atoms with E-state index >= 15 is 0 Å². The van der Waals surface area contributed by atoms with E-state index in [4.69, 9.17) is 0 Å². The van der Waals surface area contributed by atoms with E-state index < -0.39 is 0 Å². The van der Waals surface area contributed by atoms with Crippen molar-refractivity contribution in [2.75, 3.05) is 18.0 Å². The normalized spacial score (nSPS) is 9.50. The van der Waals surface area contributed by atoms with Crippen molar-refractivity contribution < 1.29 is 0 Å². The number of pyridine rings is 1. The number of aromatic nitrogens is 1. The highest BCUT2D eigenvalue weighted by molar-refractivity contribution is 9.10. The second-order valence-corrected chi connectivity index (χ2v) is 3.73. The van der Waals surface area contributed by atoms with Crippen LogP contribution in [0.5, 0.6) is 0 Å². The Hall–Kier alpha value is -1.09. The maximum absolute atomic E-state index is 4.30. The Morgan fingerprint density at radius 1 is 1.29 bits per heavy atom. The molecular weight excluding hydrogens is 240 g/mol. The molecule has 0 N–H and O–H groups in total. The topological polar surface area (TPSA) is 16.1 Å². The first-order valence-electron chi connectivity index (χ1n) is 4.36. The van der Waals surface area contributed by atoms with Crippen molar-refractivity contribution in [2.45, 2.75) is 0 Å². The molecule has 1 heterocycles. The first kappa shape index (κ1) is 11.0. The van der Waals surface area contributed by atoms with Crippen molar-refractivity contribution in [3.63, 3.8) is 0 Å². The number of rotatable bonds is 5. The molecule has 0 atom stereocenters. The zero-order chi connectivity index (χ0) is 10.4. The van der Waals surface area contributed by atoms with Gasteiger partial charge in [-0.3, -0.25) is 0 Å². The lowest BCUT2D eigenvalue weighted by atomic mass is 10.4. The van der Waals surface area contributed by atoms with Crippen LogP contribution in [0.2, 0.25) is 0 Å². The minimum absolute atomic E-state index is 0.778. The number of halogens is 1. The number of hydrogen-bond donors (Lipinski definition) is 0. The van der Waals surface area contributed by atoms with Gasteiger partial charge in [-0.2, -0.15) is 0 Å². The van der Waals surface area contributed by atoms with Crippen LogP contribution in [0.3, 0.4) is 0 Å². The Morgan fingerprint density at radius 3 is 2.36 bits per heavy atom. The van der Waals surface area contributed by atoms with Crippen molar-refractivity contribution in [1.82, 2.24) is 4.98 Å². The molecule has 0 aliphatic heterocycles. The summed E-state index contributed by atoms with van der Waals surface area (Å²) in [6.07, 6.45) is 5.49. The van der Waals surface area contributed by atoms with Crippen LogP contribution in [0.4, 0.5) is 5.82 Å². The predicted molar refractivity (Wildman–Crippen MR) is 64.5 cm³/mol. The third-order valence-electron chi connectivity index (χ3n) is 1.73. The molecule has 14 heavy (non-hydrogen) atoms. The van der Waals surface area contributed by atoms with Gasteiger partial charge >= 0.3 is 0 Å². The molecule has 0 spiro atoms. The van der Waals surface area contributed by atoms with Crippen LogP contribution in [0, 0.1) is 0 Å². The maximum atomic E-state index is 4.30. The molecule has 0 aliphatic carbocycles. The second kappa shape index (κ2) is 5.60. The molecule has 0 amide bonds. The summed E-state index contributed by atoms with van der Waals surface area (Å²) in [5.41, 5.74) is 0. The second-order valence-electron chi connectivity index (χ2n) is 2.82. The van der Waals surface area contributed by atoms with Gasteiger partial charge in [-0.1, -0.05) is 12.2 Å². The van der Waals surface area contributed by atoms with Crippen molar-refractivity contribution in [2.24, 2.45) is 0 Å². The summed E-state index contributed by atoms with van der Waals surface area (Å²) in [4.78, 5) is 6.39. The van der Waals surface area contributed by atoms with Crippen molar-refractivity contribution >= 4 is 21.7 Å². The van der Waals surface area contributed by atoms with E-state index in [2.05, 4.69) is 39.0 Å². The van der Waals surface area contributed by atoms with Gasteiger partial charge in [0.25, 0.3) is 0 Å². The molecule has 0 saturated heterocycles. The van der Waals surface area contributed by atoms with Gasteiger partial charge in [-0.15, -0.1) is 13.2 Å². The lowest BCUT2D eigenvalue weighted by Crippen LogP contribution is -2.23. The standard InChI is InChI=1S/C11H13BrN2/c1-3-7-14(8-4-2)11-6-5-10(12)9-13-11/h3-6,9H,1-2,7-8H2. The number of nitrogens with zero attached hydrogens (tertiary/aromatic N) is 2. The predicted octanol–water partition coefficient (Wildman–Crippen LogP) is 3.02. The van der Waals surface area contributed by atoms with Crippen LogP contribution in [0.1, 0.15) is 0 Å². The minimum Gasteiger partial charge on any atom is -0.349 e. The van der Waals surface area contributed by atoms with Crippen LogP contribution < -0.4 is 4.90 Å². The van der Waals surface area contributed by atoms with Crippen LogP contribution >= 0.6 is 15.9 Å². The number of hydrogen-bond acceptors (Lipinski definition) is 2. The van der Waals surface area contributed by atoms with Gasteiger partial charge in [0.1, 0.15) is 5.82 Å². The van der Waals surface area contributed by atoms with Gasteiger partial charge in [0.05, 0.1) is 0 Å². The highest BCUT2D eigenvalue weighted by Gasteiger charge is 2.02. The molecule has 0 radical (unpaired) electrons. The summed E-state index contributed by atoms with van der Waals surface area (Å²) in [6, 6.07) is 3.94. The fourth-order valence-corrected chi connectivity index (χ4v) is 1.36. The van der Waals surface area contributed by atoms with Gasteiger partial charge in [0.2, 0.25) is 0 Å². The zero-order valence-corrected chi connectivity index (χ0v) is 9.57. The summed E-state index contributed by atoms with van der Waals surface area (Å²) < 4.78 is 0.985. The van der Waals surface area contributed by atoms with E-state index in [-0.39, 0.29) is 0 Å². The van der Waals surface area contributed by atoms with Gasteiger partial charge in [0.15, 0.2) is 0 Å². The Morgan fingerprint density at radius 2 is 1.93 bits per heavy atom. The average molecular weight is 253 g/mol. The Labute approximate surface area is 93.1 Å². The minimum atomic E-state index is 0.778. The van der Waals surface area contributed by atoms with Crippen LogP contribution in [-0.2, 0) is 0 Å². The van der Waals surface area contributed by atoms with E-state index in [1.807, 2.05) is 24.3 Å². The highest BCUT2D eigenvalue weighted by Crippen LogP contribution is 2.14. The van der Waals surface area contributed by atoms with E-state index in [0.29, 0.717) is 0 Å². The molecule has 0 fully saturated rings. The third-order valence-corrected chi connectivity index (χ3v) is 2.20. The summed E-state index contributed by atoms with van der Waals surface area (Å²) in [7, 11) is 0. The molecule has 1 rings (SSSR count). The summed E-state index contributed by atoms with van der Waals surface area (Å²) in [5, 5.41) is 0. The molecule has 74 valence electrons. The molecule has 3 heteroatoms. The monoisotopic (exact) mass is 252 g/mol. The Balaban J connectivity index is 2.80. The third kappa shape index (κ3) is 3.00. The van der Waals surface area contributed by atoms with Crippen molar-refractivity contribution in [3.05, 3.63) is 48.1 Å². The van der Waals surface area contributed by atoms with Gasteiger partial charge in [-0.05, 0) is 28.1 Å². The molecule has 1 aromatic rings. The number of anilines is 1. The first-order valence-corrected chi connectivity index (χ1v) is 5.15. The highest BCUT2D eigenvalue weighted by atomic mass is 79.9. The van der Waals surface area contributed by atoms with Gasteiger partial charge in [0, 0.05) is 23.8 Å². The largest absolute Gasteiger partial charge is 0.349 e. The molecule has 2 nitrogen and oxygen atoms in total. The van der Waals surface area contributed by atoms with Crippen molar-refractivity contribution in [1.29, 1.82) is 0 Å². The van der Waals surface area contributed by atoms with Crippen LogP contribution in [0.15, 0.2) is 48.1 Å². The fourth-order valence-electron chi connectivity index (χ4n) is 1.13. The fraction of sp³-hybridized carbons (Fsp3) is 0.182. The van der Waals surface area contributed by atoms with Crippen LogP contribution in [-0.4, -0.2) is 18.1 Å². The lowest BCUT2D eigenvalue weighted by molar-refractivity contribution is 0.925. The first-order chi connectivity index (χ1) is 6.77. The molecular formula is C11H13BrN2. The Bertz CT molecular complexity index is 296. The Kier molecular flexibility index (Phi) is 4.40. The molecule has 0 unspecified atom stereocenters. The smallest absolute Gasteiger partial charge is 0.129 e. The molecule has 0 saturated carbocycles. The summed E-state index contributed by atoms with van der Waals surface area (Å²) in [6.45, 7) is 8.98. The van der Waals surface area contributed by atoms with E-state index in [0.717, 1.165) is 23.4 Å². The van der Waals surface area contributed by atoms with E-state index in [1.165, 1.54) is 0 Å².